The summed E-state index contributed by atoms with van der Waals surface area (Å²) in [5, 5.41) is 6.60. The zero-order valence-corrected chi connectivity index (χ0v) is 23.4. The summed E-state index contributed by atoms with van der Waals surface area (Å²) >= 11 is 6.37. The van der Waals surface area contributed by atoms with E-state index in [2.05, 4.69) is 51.6 Å². The number of likely N-dealkylation sites (tertiary alicyclic amines) is 1. The van der Waals surface area contributed by atoms with Crippen LogP contribution in [0.3, 0.4) is 0 Å². The first-order valence-electron chi connectivity index (χ1n) is 12.4. The zero-order chi connectivity index (χ0) is 26.7. The summed E-state index contributed by atoms with van der Waals surface area (Å²) in [7, 11) is -1.28. The molecule has 1 aliphatic heterocycles. The molecule has 10 heteroatoms. The molecular weight excluding hydrogens is 510 g/mol. The van der Waals surface area contributed by atoms with Gasteiger partial charge in [-0.25, -0.2) is 13.4 Å². The van der Waals surface area contributed by atoms with E-state index in [0.717, 1.165) is 43.6 Å². The van der Waals surface area contributed by atoms with Crippen LogP contribution >= 0.6 is 11.6 Å². The number of aryl methyl sites for hydroxylation is 1. The predicted octanol–water partition coefficient (Wildman–Crippen LogP) is 5.93. The van der Waals surface area contributed by atoms with Crippen LogP contribution in [0.1, 0.15) is 43.7 Å². The van der Waals surface area contributed by atoms with E-state index in [0.29, 0.717) is 23.4 Å². The average molecular weight is 544 g/mol. The Morgan fingerprint density at radius 3 is 2.49 bits per heavy atom. The van der Waals surface area contributed by atoms with Gasteiger partial charge in [0.25, 0.3) is 0 Å². The Labute approximate surface area is 224 Å². The van der Waals surface area contributed by atoms with E-state index in [4.69, 9.17) is 16.3 Å². The molecule has 1 aliphatic rings. The summed E-state index contributed by atoms with van der Waals surface area (Å²) < 4.78 is 30.6. The maximum Gasteiger partial charge on any atom is 0.229 e. The van der Waals surface area contributed by atoms with E-state index >= 15 is 0 Å². The van der Waals surface area contributed by atoms with E-state index in [-0.39, 0.29) is 16.0 Å². The smallest absolute Gasteiger partial charge is 0.229 e. The third-order valence-electron chi connectivity index (χ3n) is 6.42. The number of benzene rings is 2. The number of hydrogen-bond acceptors (Lipinski definition) is 8. The number of para-hydroxylation sites is 1. The quantitative estimate of drug-likeness (QED) is 0.361. The van der Waals surface area contributed by atoms with Gasteiger partial charge in [0.15, 0.2) is 15.7 Å². The molecular formula is C27H34ClN5O3S. The standard InChI is InChI=1S/C27H34ClN5O3S/c1-17(2)36-24-15-20(19-10-12-33(4)13-11-19)18(3)14-23(24)31-27-29-16-21(28)26(32-27)30-22-8-6-7-9-25(22)37(5,34)35/h6-9,14-17,19H,10-13H2,1-5H3,(H2,29,30,31,32). The van der Waals surface area contributed by atoms with E-state index < -0.39 is 9.84 Å². The number of rotatable bonds is 8. The fourth-order valence-corrected chi connectivity index (χ4v) is 5.55. The highest BCUT2D eigenvalue weighted by atomic mass is 35.5. The molecule has 2 aromatic carbocycles. The number of nitrogens with one attached hydrogen (secondary N) is 2. The van der Waals surface area contributed by atoms with Gasteiger partial charge in [-0.15, -0.1) is 0 Å². The van der Waals surface area contributed by atoms with Crippen LogP contribution in [-0.2, 0) is 9.84 Å². The lowest BCUT2D eigenvalue weighted by atomic mass is 9.86. The van der Waals surface area contributed by atoms with Gasteiger partial charge in [0.05, 0.1) is 28.6 Å². The van der Waals surface area contributed by atoms with Crippen molar-refractivity contribution in [2.45, 2.75) is 50.5 Å². The van der Waals surface area contributed by atoms with E-state index in [1.165, 1.54) is 23.4 Å². The normalized spacial score (nSPS) is 15.1. The second-order valence-electron chi connectivity index (χ2n) is 9.86. The van der Waals surface area contributed by atoms with Crippen molar-refractivity contribution in [2.24, 2.45) is 0 Å². The number of sulfone groups is 1. The average Bonchev–Trinajstić information content (AvgIpc) is 2.83. The SMILES string of the molecule is Cc1cc(Nc2ncc(Cl)c(Nc3ccccc3S(C)(=O)=O)n2)c(OC(C)C)cc1C1CCN(C)CC1. The third-order valence-corrected chi connectivity index (χ3v) is 7.85. The molecule has 198 valence electrons. The van der Waals surface area contributed by atoms with E-state index in [1.807, 2.05) is 13.8 Å². The summed E-state index contributed by atoms with van der Waals surface area (Å²) in [5.41, 5.74) is 3.64. The molecule has 4 rings (SSSR count). The van der Waals surface area contributed by atoms with Gasteiger partial charge in [-0.1, -0.05) is 23.7 Å². The summed E-state index contributed by atoms with van der Waals surface area (Å²) in [6.07, 6.45) is 4.87. The van der Waals surface area contributed by atoms with Crippen molar-refractivity contribution >= 4 is 44.6 Å². The summed E-state index contributed by atoms with van der Waals surface area (Å²) in [5.74, 6) is 1.84. The molecule has 0 spiro atoms. The van der Waals surface area contributed by atoms with Gasteiger partial charge < -0.3 is 20.3 Å². The van der Waals surface area contributed by atoms with Crippen molar-refractivity contribution in [1.82, 2.24) is 14.9 Å². The molecule has 3 aromatic rings. The maximum atomic E-state index is 12.2. The lowest BCUT2D eigenvalue weighted by Crippen LogP contribution is -2.29. The minimum Gasteiger partial charge on any atom is -0.489 e. The Hall–Kier alpha value is -2.88. The van der Waals surface area contributed by atoms with Crippen LogP contribution in [0.15, 0.2) is 47.5 Å². The van der Waals surface area contributed by atoms with Crippen LogP contribution in [-0.4, -0.2) is 55.8 Å². The van der Waals surface area contributed by atoms with Crippen molar-refractivity contribution in [2.75, 3.05) is 37.0 Å². The Kier molecular flexibility index (Phi) is 8.26. The molecule has 0 aliphatic carbocycles. The molecule has 2 N–H and O–H groups in total. The van der Waals surface area contributed by atoms with Gasteiger partial charge >= 0.3 is 0 Å². The third kappa shape index (κ3) is 6.71. The highest BCUT2D eigenvalue weighted by molar-refractivity contribution is 7.90. The van der Waals surface area contributed by atoms with Gasteiger partial charge in [-0.05, 0) is 95.1 Å². The van der Waals surface area contributed by atoms with Crippen molar-refractivity contribution in [3.63, 3.8) is 0 Å². The van der Waals surface area contributed by atoms with Gasteiger partial charge in [-0.2, -0.15) is 4.98 Å². The lowest BCUT2D eigenvalue weighted by Gasteiger charge is -2.30. The number of hydrogen-bond donors (Lipinski definition) is 2. The predicted molar refractivity (Wildman–Crippen MR) is 150 cm³/mol. The summed E-state index contributed by atoms with van der Waals surface area (Å²) in [6, 6.07) is 10.8. The van der Waals surface area contributed by atoms with Crippen LogP contribution in [0.5, 0.6) is 5.75 Å². The molecule has 0 atom stereocenters. The van der Waals surface area contributed by atoms with E-state index in [9.17, 15) is 8.42 Å². The van der Waals surface area contributed by atoms with Crippen molar-refractivity contribution in [3.05, 3.63) is 58.7 Å². The Morgan fingerprint density at radius 1 is 1.11 bits per heavy atom. The highest BCUT2D eigenvalue weighted by Crippen LogP contribution is 2.38. The number of halogens is 1. The Bertz CT molecular complexity index is 1370. The second-order valence-corrected chi connectivity index (χ2v) is 12.2. The molecule has 0 saturated carbocycles. The fraction of sp³-hybridized carbons (Fsp3) is 0.407. The first kappa shape index (κ1) is 27.2. The molecule has 0 amide bonds. The van der Waals surface area contributed by atoms with Crippen molar-refractivity contribution < 1.29 is 13.2 Å². The number of nitrogens with zero attached hydrogens (tertiary/aromatic N) is 3. The molecule has 37 heavy (non-hydrogen) atoms. The monoisotopic (exact) mass is 543 g/mol. The fourth-order valence-electron chi connectivity index (χ4n) is 4.57. The molecule has 1 aromatic heterocycles. The highest BCUT2D eigenvalue weighted by Gasteiger charge is 2.22. The minimum absolute atomic E-state index is 0.00977. The van der Waals surface area contributed by atoms with Crippen LogP contribution in [0.4, 0.5) is 23.1 Å². The zero-order valence-electron chi connectivity index (χ0n) is 21.9. The number of piperidine rings is 1. The second kappa shape index (κ2) is 11.2. The van der Waals surface area contributed by atoms with Crippen LogP contribution < -0.4 is 15.4 Å². The van der Waals surface area contributed by atoms with E-state index in [1.54, 1.807) is 18.2 Å². The number of ether oxygens (including phenoxy) is 1. The van der Waals surface area contributed by atoms with Crippen molar-refractivity contribution in [3.8, 4) is 5.75 Å². The lowest BCUT2D eigenvalue weighted by molar-refractivity contribution is 0.241. The molecule has 0 bridgehead atoms. The Morgan fingerprint density at radius 2 is 1.81 bits per heavy atom. The van der Waals surface area contributed by atoms with Crippen molar-refractivity contribution in [1.29, 1.82) is 0 Å². The molecule has 8 nitrogen and oxygen atoms in total. The first-order valence-corrected chi connectivity index (χ1v) is 14.6. The van der Waals surface area contributed by atoms with Gasteiger partial charge in [0, 0.05) is 6.26 Å². The molecule has 1 fully saturated rings. The van der Waals surface area contributed by atoms with Crippen LogP contribution in [0.25, 0.3) is 0 Å². The number of aromatic nitrogens is 2. The van der Waals surface area contributed by atoms with Gasteiger partial charge in [0.1, 0.15) is 10.8 Å². The topological polar surface area (TPSA) is 96.5 Å². The van der Waals surface area contributed by atoms with Crippen LogP contribution in [0, 0.1) is 6.92 Å². The maximum absolute atomic E-state index is 12.2. The first-order chi connectivity index (χ1) is 17.5. The largest absolute Gasteiger partial charge is 0.489 e. The molecule has 2 heterocycles. The van der Waals surface area contributed by atoms with Gasteiger partial charge in [0.2, 0.25) is 5.95 Å². The minimum atomic E-state index is -3.45. The summed E-state index contributed by atoms with van der Waals surface area (Å²) in [4.78, 5) is 11.4. The molecule has 0 radical (unpaired) electrons. The number of anilines is 4. The van der Waals surface area contributed by atoms with Crippen LogP contribution in [0.2, 0.25) is 5.02 Å². The summed E-state index contributed by atoms with van der Waals surface area (Å²) in [6.45, 7) is 8.29. The Balaban J connectivity index is 1.65. The molecule has 0 unspecified atom stereocenters. The molecule has 1 saturated heterocycles. The van der Waals surface area contributed by atoms with Gasteiger partial charge in [-0.3, -0.25) is 0 Å².